The topological polar surface area (TPSA) is 38.8 Å². The number of piperidine rings is 1. The lowest BCUT2D eigenvalue weighted by atomic mass is 9.98. The first kappa shape index (κ1) is 18.8. The van der Waals surface area contributed by atoms with Gasteiger partial charge in [0.2, 0.25) is 0 Å². The molecule has 3 rings (SSSR count). The average molecular weight is 418 g/mol. The molecule has 0 unspecified atom stereocenters. The summed E-state index contributed by atoms with van der Waals surface area (Å²) in [5, 5.41) is 0. The van der Waals surface area contributed by atoms with E-state index in [-0.39, 0.29) is 6.09 Å². The van der Waals surface area contributed by atoms with E-state index < -0.39 is 0 Å². The van der Waals surface area contributed by atoms with Crippen LogP contribution in [0, 0.1) is 12.8 Å². The minimum Gasteiger partial charge on any atom is -0.493 e. The van der Waals surface area contributed by atoms with E-state index in [1.165, 1.54) is 5.56 Å². The van der Waals surface area contributed by atoms with Gasteiger partial charge in [-0.1, -0.05) is 52.3 Å². The molecular formula is C21H24BrNO3. The Hall–Kier alpha value is -2.01. The Morgan fingerprint density at radius 3 is 2.58 bits per heavy atom. The van der Waals surface area contributed by atoms with E-state index in [1.807, 2.05) is 48.5 Å². The summed E-state index contributed by atoms with van der Waals surface area (Å²) in [7, 11) is 0. The van der Waals surface area contributed by atoms with E-state index in [0.29, 0.717) is 19.1 Å². The molecule has 2 aromatic carbocycles. The van der Waals surface area contributed by atoms with Crippen LogP contribution >= 0.6 is 15.9 Å². The number of carbonyl (C=O) groups excluding carboxylic acids is 1. The fourth-order valence-electron chi connectivity index (χ4n) is 2.97. The maximum atomic E-state index is 12.2. The van der Waals surface area contributed by atoms with E-state index in [0.717, 1.165) is 41.7 Å². The molecule has 0 aromatic heterocycles. The number of benzene rings is 2. The van der Waals surface area contributed by atoms with Crippen molar-refractivity contribution >= 4 is 22.0 Å². The van der Waals surface area contributed by atoms with Crippen LogP contribution in [0.5, 0.6) is 5.75 Å². The molecule has 138 valence electrons. The van der Waals surface area contributed by atoms with Crippen LogP contribution in [0.2, 0.25) is 0 Å². The fraction of sp³-hybridized carbons (Fsp3) is 0.381. The molecule has 0 N–H and O–H groups in total. The fourth-order valence-corrected chi connectivity index (χ4v) is 3.33. The molecule has 1 saturated heterocycles. The number of hydrogen-bond donors (Lipinski definition) is 0. The Morgan fingerprint density at radius 1 is 1.15 bits per heavy atom. The van der Waals surface area contributed by atoms with Crippen molar-refractivity contribution in [1.82, 2.24) is 4.90 Å². The third-order valence-corrected chi connectivity index (χ3v) is 5.56. The number of aryl methyl sites for hydroxylation is 1. The van der Waals surface area contributed by atoms with Gasteiger partial charge in [-0.15, -0.1) is 0 Å². The molecule has 0 bridgehead atoms. The first-order valence-corrected chi connectivity index (χ1v) is 9.75. The molecule has 2 aromatic rings. The van der Waals surface area contributed by atoms with Crippen LogP contribution in [0.15, 0.2) is 53.0 Å². The first-order chi connectivity index (χ1) is 12.6. The molecular weight excluding hydrogens is 394 g/mol. The van der Waals surface area contributed by atoms with Gasteiger partial charge in [-0.3, -0.25) is 0 Å². The quantitative estimate of drug-likeness (QED) is 0.671. The standard InChI is InChI=1S/C21H24BrNO3/c1-16-7-8-19(13-20(16)22)25-14-18-9-11-23(12-10-18)21(24)26-15-17-5-3-2-4-6-17/h2-8,13,18H,9-12,14-15H2,1H3. The zero-order chi connectivity index (χ0) is 18.4. The van der Waals surface area contributed by atoms with Crippen molar-refractivity contribution in [2.45, 2.75) is 26.4 Å². The third kappa shape index (κ3) is 5.24. The summed E-state index contributed by atoms with van der Waals surface area (Å²) < 4.78 is 12.4. The maximum absolute atomic E-state index is 12.2. The number of ether oxygens (including phenoxy) is 2. The second-order valence-electron chi connectivity index (χ2n) is 6.69. The molecule has 0 atom stereocenters. The molecule has 1 fully saturated rings. The number of hydrogen-bond acceptors (Lipinski definition) is 3. The van der Waals surface area contributed by atoms with Gasteiger partial charge in [0, 0.05) is 17.6 Å². The lowest BCUT2D eigenvalue weighted by Gasteiger charge is -2.31. The Balaban J connectivity index is 1.39. The van der Waals surface area contributed by atoms with Crippen LogP contribution in [0.4, 0.5) is 4.79 Å². The zero-order valence-corrected chi connectivity index (χ0v) is 16.6. The van der Waals surface area contributed by atoms with Gasteiger partial charge in [0.15, 0.2) is 0 Å². The SMILES string of the molecule is Cc1ccc(OCC2CCN(C(=O)OCc3ccccc3)CC2)cc1Br. The highest BCUT2D eigenvalue weighted by Crippen LogP contribution is 2.24. The molecule has 5 heteroatoms. The summed E-state index contributed by atoms with van der Waals surface area (Å²) in [6.07, 6.45) is 1.65. The van der Waals surface area contributed by atoms with Crippen molar-refractivity contribution in [1.29, 1.82) is 0 Å². The van der Waals surface area contributed by atoms with Gasteiger partial charge in [0.05, 0.1) is 6.61 Å². The molecule has 0 saturated carbocycles. The zero-order valence-electron chi connectivity index (χ0n) is 15.0. The highest BCUT2D eigenvalue weighted by molar-refractivity contribution is 9.10. The predicted molar refractivity (Wildman–Crippen MR) is 105 cm³/mol. The first-order valence-electron chi connectivity index (χ1n) is 8.96. The highest BCUT2D eigenvalue weighted by atomic mass is 79.9. The van der Waals surface area contributed by atoms with Gasteiger partial charge < -0.3 is 14.4 Å². The van der Waals surface area contributed by atoms with Crippen molar-refractivity contribution < 1.29 is 14.3 Å². The minimum atomic E-state index is -0.226. The van der Waals surface area contributed by atoms with Gasteiger partial charge in [-0.25, -0.2) is 4.79 Å². The van der Waals surface area contributed by atoms with Crippen LogP contribution in [-0.2, 0) is 11.3 Å². The molecule has 1 heterocycles. The van der Waals surface area contributed by atoms with Crippen molar-refractivity contribution in [3.63, 3.8) is 0 Å². The van der Waals surface area contributed by atoms with Crippen molar-refractivity contribution in [2.75, 3.05) is 19.7 Å². The summed E-state index contributed by atoms with van der Waals surface area (Å²) in [6, 6.07) is 15.8. The second kappa shape index (κ2) is 9.08. The van der Waals surface area contributed by atoms with Gasteiger partial charge in [-0.2, -0.15) is 0 Å². The van der Waals surface area contributed by atoms with Crippen molar-refractivity contribution in [3.8, 4) is 5.75 Å². The Labute approximate surface area is 163 Å². The van der Waals surface area contributed by atoms with Crippen LogP contribution in [0.1, 0.15) is 24.0 Å². The summed E-state index contributed by atoms with van der Waals surface area (Å²) in [6.45, 7) is 4.51. The highest BCUT2D eigenvalue weighted by Gasteiger charge is 2.24. The Bertz CT molecular complexity index is 727. The monoisotopic (exact) mass is 417 g/mol. The summed E-state index contributed by atoms with van der Waals surface area (Å²) in [5.41, 5.74) is 2.20. The lowest BCUT2D eigenvalue weighted by molar-refractivity contribution is 0.0761. The number of rotatable bonds is 5. The number of halogens is 1. The Morgan fingerprint density at radius 2 is 1.88 bits per heavy atom. The summed E-state index contributed by atoms with van der Waals surface area (Å²) in [5.74, 6) is 1.35. The van der Waals surface area contributed by atoms with Crippen molar-refractivity contribution in [3.05, 3.63) is 64.1 Å². The molecule has 0 spiro atoms. The molecule has 0 aliphatic carbocycles. The van der Waals surface area contributed by atoms with Crippen molar-refractivity contribution in [2.24, 2.45) is 5.92 Å². The normalized spacial score (nSPS) is 14.9. The molecule has 1 aliphatic rings. The van der Waals surface area contributed by atoms with E-state index in [1.54, 1.807) is 4.90 Å². The largest absolute Gasteiger partial charge is 0.493 e. The second-order valence-corrected chi connectivity index (χ2v) is 7.55. The van der Waals surface area contributed by atoms with Crippen LogP contribution in [0.3, 0.4) is 0 Å². The van der Waals surface area contributed by atoms with Gasteiger partial charge >= 0.3 is 6.09 Å². The van der Waals surface area contributed by atoms with Gasteiger partial charge in [0.1, 0.15) is 12.4 Å². The molecule has 1 amide bonds. The smallest absolute Gasteiger partial charge is 0.410 e. The average Bonchev–Trinajstić information content (AvgIpc) is 2.68. The van der Waals surface area contributed by atoms with E-state index in [2.05, 4.69) is 22.9 Å². The molecule has 0 radical (unpaired) electrons. The van der Waals surface area contributed by atoms with Gasteiger partial charge in [-0.05, 0) is 48.9 Å². The van der Waals surface area contributed by atoms with E-state index in [4.69, 9.17) is 9.47 Å². The molecule has 26 heavy (non-hydrogen) atoms. The van der Waals surface area contributed by atoms with E-state index in [9.17, 15) is 4.79 Å². The van der Waals surface area contributed by atoms with E-state index >= 15 is 0 Å². The third-order valence-electron chi connectivity index (χ3n) is 4.71. The minimum absolute atomic E-state index is 0.226. The maximum Gasteiger partial charge on any atom is 0.410 e. The predicted octanol–water partition coefficient (Wildman–Crippen LogP) is 5.19. The van der Waals surface area contributed by atoms with Crippen LogP contribution in [0.25, 0.3) is 0 Å². The number of amides is 1. The Kier molecular flexibility index (Phi) is 6.56. The number of carbonyl (C=O) groups is 1. The summed E-state index contributed by atoms with van der Waals surface area (Å²) in [4.78, 5) is 14.0. The molecule has 1 aliphatic heterocycles. The summed E-state index contributed by atoms with van der Waals surface area (Å²) >= 11 is 3.53. The number of nitrogens with zero attached hydrogens (tertiary/aromatic N) is 1. The van der Waals surface area contributed by atoms with Crippen LogP contribution < -0.4 is 4.74 Å². The van der Waals surface area contributed by atoms with Crippen LogP contribution in [-0.4, -0.2) is 30.7 Å². The molecule has 4 nitrogen and oxygen atoms in total. The van der Waals surface area contributed by atoms with Gasteiger partial charge in [0.25, 0.3) is 0 Å². The number of likely N-dealkylation sites (tertiary alicyclic amines) is 1. The lowest BCUT2D eigenvalue weighted by Crippen LogP contribution is -2.39.